The summed E-state index contributed by atoms with van der Waals surface area (Å²) in [7, 11) is 1.99. The fraction of sp³-hybridized carbons (Fsp3) is 0.304. The van der Waals surface area contributed by atoms with Crippen LogP contribution in [-0.2, 0) is 20.0 Å². The third-order valence-electron chi connectivity index (χ3n) is 5.75. The highest BCUT2D eigenvalue weighted by molar-refractivity contribution is 6.10. The molecule has 1 fully saturated rings. The van der Waals surface area contributed by atoms with Crippen LogP contribution in [0.25, 0.3) is 21.9 Å². The Morgan fingerprint density at radius 3 is 2.82 bits per heavy atom. The fourth-order valence-corrected chi connectivity index (χ4v) is 4.08. The van der Waals surface area contributed by atoms with Gasteiger partial charge in [-0.2, -0.15) is 0 Å². The molecule has 5 nitrogen and oxygen atoms in total. The summed E-state index contributed by atoms with van der Waals surface area (Å²) in [5, 5.41) is 4.28. The third kappa shape index (κ3) is 2.97. The quantitative estimate of drug-likeness (QED) is 0.558. The molecular formula is C23H24N4O. The lowest BCUT2D eigenvalue weighted by molar-refractivity contribution is 0.0946. The van der Waals surface area contributed by atoms with Gasteiger partial charge in [-0.25, -0.2) is 0 Å². The number of nitrogens with zero attached hydrogens (tertiary/aromatic N) is 3. The Hall–Kier alpha value is -3.08. The van der Waals surface area contributed by atoms with Crippen molar-refractivity contribution < 1.29 is 4.79 Å². The van der Waals surface area contributed by atoms with Crippen molar-refractivity contribution in [1.82, 2.24) is 19.4 Å². The average Bonchev–Trinajstić information content (AvgIpc) is 3.40. The maximum atomic E-state index is 12.8. The first-order valence-corrected chi connectivity index (χ1v) is 9.96. The second-order valence-corrected chi connectivity index (χ2v) is 7.76. The molecule has 0 aliphatic heterocycles. The fourth-order valence-electron chi connectivity index (χ4n) is 4.08. The van der Waals surface area contributed by atoms with Crippen molar-refractivity contribution in [3.05, 3.63) is 66.1 Å². The molecule has 0 unspecified atom stereocenters. The van der Waals surface area contributed by atoms with Crippen LogP contribution in [0.2, 0.25) is 0 Å². The molecule has 4 aromatic rings. The van der Waals surface area contributed by atoms with E-state index in [0.29, 0.717) is 12.2 Å². The predicted octanol–water partition coefficient (Wildman–Crippen LogP) is 3.91. The van der Waals surface area contributed by atoms with Crippen LogP contribution in [0, 0.1) is 5.92 Å². The first-order chi connectivity index (χ1) is 13.7. The van der Waals surface area contributed by atoms with Gasteiger partial charge in [0.25, 0.3) is 5.91 Å². The Morgan fingerprint density at radius 2 is 2.04 bits per heavy atom. The predicted molar refractivity (Wildman–Crippen MR) is 111 cm³/mol. The molecule has 0 bridgehead atoms. The molecule has 0 radical (unpaired) electrons. The van der Waals surface area contributed by atoms with Gasteiger partial charge in [-0.3, -0.25) is 9.78 Å². The van der Waals surface area contributed by atoms with Gasteiger partial charge in [-0.05, 0) is 48.9 Å². The molecule has 0 spiro atoms. The number of hydrogen-bond donors (Lipinski definition) is 1. The third-order valence-corrected chi connectivity index (χ3v) is 5.75. The number of rotatable bonds is 6. The van der Waals surface area contributed by atoms with Crippen molar-refractivity contribution in [2.45, 2.75) is 25.8 Å². The molecule has 1 aliphatic carbocycles. The van der Waals surface area contributed by atoms with Crippen LogP contribution in [0.15, 0.2) is 54.9 Å². The lowest BCUT2D eigenvalue weighted by Gasteiger charge is -2.07. The molecule has 0 saturated heterocycles. The summed E-state index contributed by atoms with van der Waals surface area (Å²) in [6, 6.07) is 14.5. The van der Waals surface area contributed by atoms with E-state index in [9.17, 15) is 4.79 Å². The highest BCUT2D eigenvalue weighted by Gasteiger charge is 2.25. The van der Waals surface area contributed by atoms with Crippen LogP contribution in [-0.4, -0.2) is 26.6 Å². The minimum Gasteiger partial charge on any atom is -0.350 e. The number of carbonyl (C=O) groups excluding carboxylic acids is 1. The van der Waals surface area contributed by atoms with E-state index in [2.05, 4.69) is 45.2 Å². The molecule has 0 atom stereocenters. The number of benzene rings is 1. The number of para-hydroxylation sites is 1. The Balaban J connectivity index is 1.45. The van der Waals surface area contributed by atoms with Gasteiger partial charge in [-0.15, -0.1) is 0 Å². The smallest absolute Gasteiger partial charge is 0.268 e. The minimum absolute atomic E-state index is 0.0235. The van der Waals surface area contributed by atoms with E-state index in [1.807, 2.05) is 29.9 Å². The number of hydrogen-bond acceptors (Lipinski definition) is 2. The van der Waals surface area contributed by atoms with Gasteiger partial charge in [0.1, 0.15) is 5.69 Å². The van der Waals surface area contributed by atoms with Crippen molar-refractivity contribution in [2.75, 3.05) is 6.54 Å². The van der Waals surface area contributed by atoms with E-state index in [4.69, 9.17) is 0 Å². The summed E-state index contributed by atoms with van der Waals surface area (Å²) in [5.41, 5.74) is 5.41. The maximum absolute atomic E-state index is 12.8. The molecule has 5 heteroatoms. The Bertz CT molecular complexity index is 1150. The maximum Gasteiger partial charge on any atom is 0.268 e. The lowest BCUT2D eigenvalue weighted by atomic mass is 10.2. The van der Waals surface area contributed by atoms with Gasteiger partial charge in [0.05, 0.1) is 16.6 Å². The lowest BCUT2D eigenvalue weighted by Crippen LogP contribution is -2.27. The summed E-state index contributed by atoms with van der Waals surface area (Å²) in [5.74, 6) is 0.751. The number of aromatic nitrogens is 3. The van der Waals surface area contributed by atoms with E-state index in [-0.39, 0.29) is 5.91 Å². The largest absolute Gasteiger partial charge is 0.350 e. The highest BCUT2D eigenvalue weighted by Crippen LogP contribution is 2.36. The summed E-state index contributed by atoms with van der Waals surface area (Å²) in [4.78, 5) is 17.0. The van der Waals surface area contributed by atoms with Gasteiger partial charge in [0.2, 0.25) is 0 Å². The monoisotopic (exact) mass is 372 g/mol. The van der Waals surface area contributed by atoms with Crippen molar-refractivity contribution in [1.29, 1.82) is 0 Å². The van der Waals surface area contributed by atoms with Crippen molar-refractivity contribution in [3.8, 4) is 0 Å². The minimum atomic E-state index is -0.0235. The summed E-state index contributed by atoms with van der Waals surface area (Å²) >= 11 is 0. The van der Waals surface area contributed by atoms with E-state index in [1.54, 1.807) is 6.20 Å². The van der Waals surface area contributed by atoms with Gasteiger partial charge < -0.3 is 14.5 Å². The van der Waals surface area contributed by atoms with E-state index < -0.39 is 0 Å². The zero-order valence-electron chi connectivity index (χ0n) is 16.1. The molecule has 142 valence electrons. The van der Waals surface area contributed by atoms with Gasteiger partial charge in [0, 0.05) is 37.9 Å². The first kappa shape index (κ1) is 17.0. The number of aryl methyl sites for hydroxylation is 1. The first-order valence-electron chi connectivity index (χ1n) is 9.96. The van der Waals surface area contributed by atoms with Crippen LogP contribution < -0.4 is 5.32 Å². The van der Waals surface area contributed by atoms with Crippen LogP contribution >= 0.6 is 0 Å². The zero-order chi connectivity index (χ0) is 19.1. The number of pyridine rings is 1. The van der Waals surface area contributed by atoms with Gasteiger partial charge in [-0.1, -0.05) is 24.3 Å². The van der Waals surface area contributed by atoms with Crippen LogP contribution in [0.1, 0.15) is 28.9 Å². The number of fused-ring (bicyclic) bond motifs is 3. The molecule has 28 heavy (non-hydrogen) atoms. The Kier molecular flexibility index (Phi) is 4.15. The van der Waals surface area contributed by atoms with E-state index >= 15 is 0 Å². The number of amides is 1. The standard InChI is InChI=1S/C23H24N4O/c1-26-21(23(28)25-12-10-16-5-4-11-24-14-16)13-20-22(26)18-6-2-3-7-19(18)27(20)15-17-8-9-17/h2-7,11,13-14,17H,8-10,12,15H2,1H3,(H,25,28). The second kappa shape index (κ2) is 6.82. The van der Waals surface area contributed by atoms with Crippen LogP contribution in [0.5, 0.6) is 0 Å². The molecule has 1 saturated carbocycles. The van der Waals surface area contributed by atoms with Gasteiger partial charge >= 0.3 is 0 Å². The van der Waals surface area contributed by atoms with Crippen molar-refractivity contribution >= 4 is 27.8 Å². The van der Waals surface area contributed by atoms with Crippen LogP contribution in [0.4, 0.5) is 0 Å². The normalized spacial score (nSPS) is 14.0. The molecule has 1 aromatic carbocycles. The van der Waals surface area contributed by atoms with E-state index in [0.717, 1.165) is 35.5 Å². The highest BCUT2D eigenvalue weighted by atomic mass is 16.1. The molecular weight excluding hydrogens is 348 g/mol. The molecule has 5 rings (SSSR count). The molecule has 3 heterocycles. The summed E-state index contributed by atoms with van der Waals surface area (Å²) < 4.78 is 4.44. The van der Waals surface area contributed by atoms with E-state index in [1.165, 1.54) is 23.7 Å². The topological polar surface area (TPSA) is 51.9 Å². The summed E-state index contributed by atoms with van der Waals surface area (Å²) in [6.07, 6.45) is 7.00. The average molecular weight is 372 g/mol. The molecule has 3 aromatic heterocycles. The summed E-state index contributed by atoms with van der Waals surface area (Å²) in [6.45, 7) is 1.64. The second-order valence-electron chi connectivity index (χ2n) is 7.76. The molecule has 1 aliphatic rings. The SMILES string of the molecule is Cn1c(C(=O)NCCc2cccnc2)cc2c1c1ccccc1n2CC1CC1. The zero-order valence-corrected chi connectivity index (χ0v) is 16.1. The Labute approximate surface area is 164 Å². The Morgan fingerprint density at radius 1 is 1.18 bits per heavy atom. The van der Waals surface area contributed by atoms with Crippen LogP contribution in [0.3, 0.4) is 0 Å². The molecule has 1 N–H and O–H groups in total. The van der Waals surface area contributed by atoms with Gasteiger partial charge in [0.15, 0.2) is 0 Å². The number of nitrogens with one attached hydrogen (secondary N) is 1. The van der Waals surface area contributed by atoms with Crippen molar-refractivity contribution in [2.24, 2.45) is 13.0 Å². The van der Waals surface area contributed by atoms with Crippen molar-refractivity contribution in [3.63, 3.8) is 0 Å². The number of carbonyl (C=O) groups is 1. The molecule has 1 amide bonds.